The first kappa shape index (κ1) is 11.6. The van der Waals surface area contributed by atoms with Crippen molar-refractivity contribution >= 4 is 0 Å². The lowest BCUT2D eigenvalue weighted by Gasteiger charge is -2.11. The van der Waals surface area contributed by atoms with E-state index in [0.29, 0.717) is 6.04 Å². The Bertz CT molecular complexity index is 314. The Labute approximate surface area is 97.0 Å². The summed E-state index contributed by atoms with van der Waals surface area (Å²) in [6.07, 6.45) is 2.42. The molecule has 1 atom stereocenters. The van der Waals surface area contributed by atoms with Crippen LogP contribution < -0.4 is 5.32 Å². The molecule has 2 heterocycles. The Kier molecular flexibility index (Phi) is 3.96. The van der Waals surface area contributed by atoms with Gasteiger partial charge in [-0.2, -0.15) is 5.10 Å². The minimum atomic E-state index is 0.318. The summed E-state index contributed by atoms with van der Waals surface area (Å²) >= 11 is 0. The Balaban J connectivity index is 1.81. The fourth-order valence-electron chi connectivity index (χ4n) is 2.09. The molecule has 0 aromatic carbocycles. The van der Waals surface area contributed by atoms with Crippen molar-refractivity contribution < 1.29 is 4.74 Å². The van der Waals surface area contributed by atoms with Gasteiger partial charge in [0.15, 0.2) is 0 Å². The largest absolute Gasteiger partial charge is 0.380 e. The average Bonchev–Trinajstić information content (AvgIpc) is 2.83. The van der Waals surface area contributed by atoms with Gasteiger partial charge in [0.05, 0.1) is 12.3 Å². The van der Waals surface area contributed by atoms with E-state index < -0.39 is 0 Å². The van der Waals surface area contributed by atoms with Crippen molar-refractivity contribution in [2.45, 2.75) is 39.3 Å². The normalized spacial score (nSPS) is 16.4. The number of ether oxygens (including phenoxy) is 1. The quantitative estimate of drug-likeness (QED) is 0.743. The van der Waals surface area contributed by atoms with Gasteiger partial charge in [0, 0.05) is 31.4 Å². The van der Waals surface area contributed by atoms with E-state index >= 15 is 0 Å². The van der Waals surface area contributed by atoms with Crippen molar-refractivity contribution in [2.75, 3.05) is 19.8 Å². The number of nitrogens with one attached hydrogen (secondary N) is 1. The molecule has 0 aliphatic carbocycles. The average molecular weight is 223 g/mol. The second-order valence-electron chi connectivity index (χ2n) is 4.26. The predicted octanol–water partition coefficient (Wildman–Crippen LogP) is 1.52. The highest BCUT2D eigenvalue weighted by Gasteiger charge is 2.16. The summed E-state index contributed by atoms with van der Waals surface area (Å²) in [5.74, 6) is 0. The molecule has 16 heavy (non-hydrogen) atoms. The van der Waals surface area contributed by atoms with E-state index in [1.807, 2.05) is 6.92 Å². The number of aromatic nitrogens is 2. The van der Waals surface area contributed by atoms with Crippen molar-refractivity contribution in [3.63, 3.8) is 0 Å². The van der Waals surface area contributed by atoms with E-state index in [-0.39, 0.29) is 0 Å². The number of aryl methyl sites for hydroxylation is 2. The van der Waals surface area contributed by atoms with Crippen LogP contribution in [-0.2, 0) is 17.7 Å². The molecule has 1 aromatic rings. The second-order valence-corrected chi connectivity index (χ2v) is 4.26. The van der Waals surface area contributed by atoms with Crippen LogP contribution in [0.25, 0.3) is 0 Å². The van der Waals surface area contributed by atoms with E-state index in [1.165, 1.54) is 18.5 Å². The molecular weight excluding hydrogens is 202 g/mol. The van der Waals surface area contributed by atoms with E-state index in [0.717, 1.165) is 32.0 Å². The molecule has 2 rings (SSSR count). The Morgan fingerprint density at radius 3 is 3.25 bits per heavy atom. The van der Waals surface area contributed by atoms with Crippen molar-refractivity contribution in [3.05, 3.63) is 17.5 Å². The van der Waals surface area contributed by atoms with Crippen LogP contribution in [0.2, 0.25) is 0 Å². The van der Waals surface area contributed by atoms with E-state index in [9.17, 15) is 0 Å². The molecule has 0 fully saturated rings. The maximum Gasteiger partial charge on any atom is 0.0794 e. The first-order valence-electron chi connectivity index (χ1n) is 6.19. The van der Waals surface area contributed by atoms with Crippen molar-refractivity contribution in [1.29, 1.82) is 0 Å². The van der Waals surface area contributed by atoms with Crippen molar-refractivity contribution in [3.8, 4) is 0 Å². The molecule has 1 unspecified atom stereocenters. The van der Waals surface area contributed by atoms with Gasteiger partial charge in [-0.05, 0) is 32.8 Å². The highest BCUT2D eigenvalue weighted by Crippen LogP contribution is 2.18. The van der Waals surface area contributed by atoms with Crippen LogP contribution in [0.1, 0.15) is 37.7 Å². The van der Waals surface area contributed by atoms with Gasteiger partial charge in [0.25, 0.3) is 0 Å². The van der Waals surface area contributed by atoms with E-state index in [2.05, 4.69) is 28.1 Å². The molecule has 1 aliphatic heterocycles. The van der Waals surface area contributed by atoms with Crippen molar-refractivity contribution in [1.82, 2.24) is 15.1 Å². The van der Waals surface area contributed by atoms with Gasteiger partial charge in [0.1, 0.15) is 0 Å². The molecule has 0 spiro atoms. The topological polar surface area (TPSA) is 39.1 Å². The second kappa shape index (κ2) is 5.46. The summed E-state index contributed by atoms with van der Waals surface area (Å²) in [5, 5.41) is 8.02. The third kappa shape index (κ3) is 2.62. The lowest BCUT2D eigenvalue weighted by molar-refractivity contribution is 0.147. The monoisotopic (exact) mass is 223 g/mol. The number of rotatable bonds is 6. The summed E-state index contributed by atoms with van der Waals surface area (Å²) in [4.78, 5) is 0. The summed E-state index contributed by atoms with van der Waals surface area (Å²) in [6.45, 7) is 7.70. The van der Waals surface area contributed by atoms with Gasteiger partial charge in [-0.25, -0.2) is 0 Å². The third-order valence-corrected chi connectivity index (χ3v) is 3.03. The van der Waals surface area contributed by atoms with Gasteiger partial charge in [-0.15, -0.1) is 0 Å². The number of fused-ring (bicyclic) bond motifs is 1. The number of hydrogen-bond acceptors (Lipinski definition) is 3. The minimum absolute atomic E-state index is 0.318. The third-order valence-electron chi connectivity index (χ3n) is 3.03. The molecule has 90 valence electrons. The lowest BCUT2D eigenvalue weighted by Crippen LogP contribution is -2.23. The maximum atomic E-state index is 5.29. The van der Waals surface area contributed by atoms with Gasteiger partial charge >= 0.3 is 0 Å². The summed E-state index contributed by atoms with van der Waals surface area (Å²) in [7, 11) is 0. The molecule has 1 N–H and O–H groups in total. The number of hydrogen-bond donors (Lipinski definition) is 1. The SMILES string of the molecule is CCOCCNC(C)c1cc2n(n1)CCC2. The van der Waals surface area contributed by atoms with Crippen LogP contribution in [-0.4, -0.2) is 29.5 Å². The van der Waals surface area contributed by atoms with Gasteiger partial charge in [0.2, 0.25) is 0 Å². The van der Waals surface area contributed by atoms with Gasteiger partial charge in [-0.1, -0.05) is 0 Å². The Morgan fingerprint density at radius 1 is 1.62 bits per heavy atom. The van der Waals surface area contributed by atoms with Crippen molar-refractivity contribution in [2.24, 2.45) is 0 Å². The molecular formula is C12H21N3O. The molecule has 0 saturated carbocycles. The molecule has 0 bridgehead atoms. The van der Waals surface area contributed by atoms with Gasteiger partial charge < -0.3 is 10.1 Å². The molecule has 0 radical (unpaired) electrons. The standard InChI is InChI=1S/C12H21N3O/c1-3-16-8-6-13-10(2)12-9-11-5-4-7-15(11)14-12/h9-10,13H,3-8H2,1-2H3. The van der Waals surface area contributed by atoms with Crippen LogP contribution in [0.4, 0.5) is 0 Å². The summed E-state index contributed by atoms with van der Waals surface area (Å²) in [6, 6.07) is 2.55. The zero-order valence-electron chi connectivity index (χ0n) is 10.2. The first-order valence-corrected chi connectivity index (χ1v) is 6.19. The lowest BCUT2D eigenvalue weighted by atomic mass is 10.2. The molecule has 1 aliphatic rings. The Hall–Kier alpha value is -0.870. The fourth-order valence-corrected chi connectivity index (χ4v) is 2.09. The fraction of sp³-hybridized carbons (Fsp3) is 0.750. The molecule has 4 heteroatoms. The van der Waals surface area contributed by atoms with Crippen LogP contribution in [0.5, 0.6) is 0 Å². The summed E-state index contributed by atoms with van der Waals surface area (Å²) < 4.78 is 7.43. The highest BCUT2D eigenvalue weighted by atomic mass is 16.5. The van der Waals surface area contributed by atoms with Crippen LogP contribution in [0.3, 0.4) is 0 Å². The molecule has 0 saturated heterocycles. The highest BCUT2D eigenvalue weighted by molar-refractivity contribution is 5.15. The first-order chi connectivity index (χ1) is 7.81. The van der Waals surface area contributed by atoms with Crippen LogP contribution in [0.15, 0.2) is 6.07 Å². The molecule has 1 aromatic heterocycles. The zero-order valence-corrected chi connectivity index (χ0v) is 10.2. The summed E-state index contributed by atoms with van der Waals surface area (Å²) in [5.41, 5.74) is 2.54. The number of nitrogens with zero attached hydrogens (tertiary/aromatic N) is 2. The van der Waals surface area contributed by atoms with E-state index in [1.54, 1.807) is 0 Å². The van der Waals surface area contributed by atoms with Gasteiger partial charge in [-0.3, -0.25) is 4.68 Å². The smallest absolute Gasteiger partial charge is 0.0794 e. The van der Waals surface area contributed by atoms with E-state index in [4.69, 9.17) is 4.74 Å². The maximum absolute atomic E-state index is 5.29. The Morgan fingerprint density at radius 2 is 2.50 bits per heavy atom. The minimum Gasteiger partial charge on any atom is -0.380 e. The predicted molar refractivity (Wildman–Crippen MR) is 63.5 cm³/mol. The molecule has 4 nitrogen and oxygen atoms in total. The molecule has 0 amide bonds. The van der Waals surface area contributed by atoms with Crippen LogP contribution in [0, 0.1) is 0 Å². The van der Waals surface area contributed by atoms with Crippen LogP contribution >= 0.6 is 0 Å². The zero-order chi connectivity index (χ0) is 11.4.